The van der Waals surface area contributed by atoms with Crippen molar-refractivity contribution in [2.24, 2.45) is 5.92 Å². The fourth-order valence-corrected chi connectivity index (χ4v) is 1.74. The number of hydrogen-bond acceptors (Lipinski definition) is 3. The van der Waals surface area contributed by atoms with Gasteiger partial charge in [-0.1, -0.05) is 0 Å². The molecule has 0 bridgehead atoms. The largest absolute Gasteiger partial charge is 0.453 e. The minimum atomic E-state index is -0.277. The number of hydrogen-bond donors (Lipinski definition) is 1. The van der Waals surface area contributed by atoms with Gasteiger partial charge in [0.15, 0.2) is 0 Å². The first-order chi connectivity index (χ1) is 6.77. The highest BCUT2D eigenvalue weighted by molar-refractivity contribution is 5.67. The van der Waals surface area contributed by atoms with E-state index in [4.69, 9.17) is 0 Å². The number of ether oxygens (including phenoxy) is 1. The maximum Gasteiger partial charge on any atom is 0.409 e. The lowest BCUT2D eigenvalue weighted by atomic mass is 9.98. The number of rotatable bonds is 3. The Balaban J connectivity index is 2.35. The quantitative estimate of drug-likeness (QED) is 0.662. The number of nitrogens with zero attached hydrogens (tertiary/aromatic N) is 1. The van der Waals surface area contributed by atoms with E-state index in [9.17, 15) is 9.59 Å². The van der Waals surface area contributed by atoms with Crippen LogP contribution in [0.1, 0.15) is 12.8 Å². The summed E-state index contributed by atoms with van der Waals surface area (Å²) in [7, 11) is 1.38. The molecule has 0 spiro atoms. The molecule has 80 valence electrons. The third-order valence-corrected chi connectivity index (χ3v) is 2.44. The maximum atomic E-state index is 11.2. The second-order valence-electron chi connectivity index (χ2n) is 3.45. The summed E-state index contributed by atoms with van der Waals surface area (Å²) in [6.07, 6.45) is 2.44. The molecule has 0 aromatic rings. The van der Waals surface area contributed by atoms with Gasteiger partial charge in [0.2, 0.25) is 6.41 Å². The number of likely N-dealkylation sites (tertiary alicyclic amines) is 1. The molecule has 1 unspecified atom stereocenters. The Morgan fingerprint density at radius 3 is 3.14 bits per heavy atom. The topological polar surface area (TPSA) is 58.6 Å². The van der Waals surface area contributed by atoms with E-state index in [0.717, 1.165) is 19.4 Å². The van der Waals surface area contributed by atoms with Crippen LogP contribution in [-0.2, 0) is 9.53 Å². The molecule has 0 radical (unpaired) electrons. The standard InChI is InChI=1S/C9H16N2O3/c1-14-9(13)11-4-2-3-8(6-11)5-10-7-12/h7-8H,2-6H2,1H3,(H,10,12). The lowest BCUT2D eigenvalue weighted by molar-refractivity contribution is -0.109. The van der Waals surface area contributed by atoms with Crippen molar-refractivity contribution in [3.63, 3.8) is 0 Å². The summed E-state index contributed by atoms with van der Waals surface area (Å²) in [5.74, 6) is 0.355. The Bertz CT molecular complexity index is 208. The van der Waals surface area contributed by atoms with E-state index in [2.05, 4.69) is 10.1 Å². The average Bonchev–Trinajstić information content (AvgIpc) is 2.25. The summed E-state index contributed by atoms with van der Waals surface area (Å²) in [5, 5.41) is 2.64. The molecule has 1 aliphatic rings. The molecule has 1 fully saturated rings. The Hall–Kier alpha value is -1.26. The minimum Gasteiger partial charge on any atom is -0.453 e. The summed E-state index contributed by atoms with van der Waals surface area (Å²) < 4.78 is 4.64. The van der Waals surface area contributed by atoms with E-state index in [1.165, 1.54) is 7.11 Å². The Labute approximate surface area is 83.4 Å². The fraction of sp³-hybridized carbons (Fsp3) is 0.778. The van der Waals surface area contributed by atoms with Crippen LogP contribution in [0.25, 0.3) is 0 Å². The average molecular weight is 200 g/mol. The van der Waals surface area contributed by atoms with Gasteiger partial charge in [0.05, 0.1) is 7.11 Å². The van der Waals surface area contributed by atoms with Crippen LogP contribution in [0.5, 0.6) is 0 Å². The van der Waals surface area contributed by atoms with Gasteiger partial charge in [-0.15, -0.1) is 0 Å². The van der Waals surface area contributed by atoms with E-state index in [0.29, 0.717) is 25.4 Å². The fourth-order valence-electron chi connectivity index (χ4n) is 1.74. The van der Waals surface area contributed by atoms with Crippen LogP contribution in [0.4, 0.5) is 4.79 Å². The monoisotopic (exact) mass is 200 g/mol. The normalized spacial score (nSPS) is 21.5. The molecular weight excluding hydrogens is 184 g/mol. The van der Waals surface area contributed by atoms with Crippen molar-refractivity contribution in [3.8, 4) is 0 Å². The summed E-state index contributed by atoms with van der Waals surface area (Å²) in [5.41, 5.74) is 0. The van der Waals surface area contributed by atoms with Crippen molar-refractivity contribution in [1.82, 2.24) is 10.2 Å². The third-order valence-electron chi connectivity index (χ3n) is 2.44. The first-order valence-electron chi connectivity index (χ1n) is 4.78. The molecule has 0 saturated carbocycles. The van der Waals surface area contributed by atoms with Crippen molar-refractivity contribution in [2.45, 2.75) is 12.8 Å². The first-order valence-corrected chi connectivity index (χ1v) is 4.78. The van der Waals surface area contributed by atoms with Gasteiger partial charge in [0.1, 0.15) is 0 Å². The molecule has 14 heavy (non-hydrogen) atoms. The molecule has 5 nitrogen and oxygen atoms in total. The number of carbonyl (C=O) groups excluding carboxylic acids is 2. The van der Waals surface area contributed by atoms with Crippen molar-refractivity contribution in [1.29, 1.82) is 0 Å². The predicted molar refractivity (Wildman–Crippen MR) is 50.8 cm³/mol. The summed E-state index contributed by atoms with van der Waals surface area (Å²) >= 11 is 0. The van der Waals surface area contributed by atoms with Crippen LogP contribution in [0.3, 0.4) is 0 Å². The van der Waals surface area contributed by atoms with Crippen LogP contribution in [0.15, 0.2) is 0 Å². The number of methoxy groups -OCH3 is 1. The molecular formula is C9H16N2O3. The van der Waals surface area contributed by atoms with E-state index in [1.807, 2.05) is 0 Å². The van der Waals surface area contributed by atoms with Crippen molar-refractivity contribution < 1.29 is 14.3 Å². The third kappa shape index (κ3) is 2.90. The first kappa shape index (κ1) is 10.8. The minimum absolute atomic E-state index is 0.277. The molecule has 0 aromatic heterocycles. The lowest BCUT2D eigenvalue weighted by Gasteiger charge is -2.31. The van der Waals surface area contributed by atoms with Crippen LogP contribution < -0.4 is 5.32 Å². The van der Waals surface area contributed by atoms with E-state index < -0.39 is 0 Å². The number of carbonyl (C=O) groups is 2. The summed E-state index contributed by atoms with van der Waals surface area (Å²) in [6.45, 7) is 2.06. The van der Waals surface area contributed by atoms with Gasteiger partial charge in [0.25, 0.3) is 0 Å². The smallest absolute Gasteiger partial charge is 0.409 e. The van der Waals surface area contributed by atoms with E-state index in [1.54, 1.807) is 4.90 Å². The highest BCUT2D eigenvalue weighted by Crippen LogP contribution is 2.15. The molecule has 5 heteroatoms. The zero-order chi connectivity index (χ0) is 10.4. The second-order valence-corrected chi connectivity index (χ2v) is 3.45. The molecule has 1 heterocycles. The van der Waals surface area contributed by atoms with E-state index >= 15 is 0 Å². The van der Waals surface area contributed by atoms with Gasteiger partial charge in [-0.05, 0) is 18.8 Å². The second kappa shape index (κ2) is 5.47. The van der Waals surface area contributed by atoms with Gasteiger partial charge in [0, 0.05) is 19.6 Å². The highest BCUT2D eigenvalue weighted by Gasteiger charge is 2.23. The molecule has 2 amide bonds. The zero-order valence-electron chi connectivity index (χ0n) is 8.36. The zero-order valence-corrected chi connectivity index (χ0v) is 8.36. The Kier molecular flexibility index (Phi) is 4.22. The van der Waals surface area contributed by atoms with Gasteiger partial charge in [-0.25, -0.2) is 4.79 Å². The molecule has 0 aliphatic carbocycles. The Morgan fingerprint density at radius 1 is 1.71 bits per heavy atom. The van der Waals surface area contributed by atoms with Gasteiger partial charge in [-0.2, -0.15) is 0 Å². The summed E-state index contributed by atoms with van der Waals surface area (Å²) in [4.78, 5) is 23.0. The van der Waals surface area contributed by atoms with Crippen molar-refractivity contribution >= 4 is 12.5 Å². The molecule has 1 atom stereocenters. The number of piperidine rings is 1. The number of amides is 2. The van der Waals surface area contributed by atoms with Crippen LogP contribution in [0.2, 0.25) is 0 Å². The van der Waals surface area contributed by atoms with Crippen molar-refractivity contribution in [3.05, 3.63) is 0 Å². The molecule has 1 rings (SSSR count). The highest BCUT2D eigenvalue weighted by atomic mass is 16.5. The lowest BCUT2D eigenvalue weighted by Crippen LogP contribution is -2.42. The molecule has 1 aliphatic heterocycles. The van der Waals surface area contributed by atoms with Crippen molar-refractivity contribution in [2.75, 3.05) is 26.7 Å². The Morgan fingerprint density at radius 2 is 2.50 bits per heavy atom. The molecule has 1 saturated heterocycles. The van der Waals surface area contributed by atoms with Gasteiger partial charge >= 0.3 is 6.09 Å². The van der Waals surface area contributed by atoms with Crippen LogP contribution in [-0.4, -0.2) is 44.1 Å². The molecule has 1 N–H and O–H groups in total. The maximum absolute atomic E-state index is 11.2. The van der Waals surface area contributed by atoms with Gasteiger partial charge in [-0.3, -0.25) is 4.79 Å². The summed E-state index contributed by atoms with van der Waals surface area (Å²) in [6, 6.07) is 0. The number of nitrogens with one attached hydrogen (secondary N) is 1. The van der Waals surface area contributed by atoms with E-state index in [-0.39, 0.29) is 6.09 Å². The van der Waals surface area contributed by atoms with Gasteiger partial charge < -0.3 is 15.0 Å². The van der Waals surface area contributed by atoms with Crippen LogP contribution in [0, 0.1) is 5.92 Å². The van der Waals surface area contributed by atoms with Crippen LogP contribution >= 0.6 is 0 Å². The SMILES string of the molecule is COC(=O)N1CCCC(CNC=O)C1. The molecule has 0 aromatic carbocycles. The predicted octanol–water partition coefficient (Wildman–Crippen LogP) is 0.211.